The fraction of sp³-hybridized carbons (Fsp3) is 0.438. The van der Waals surface area contributed by atoms with Crippen LogP contribution in [0.3, 0.4) is 0 Å². The lowest BCUT2D eigenvalue weighted by Gasteiger charge is -2.29. The summed E-state index contributed by atoms with van der Waals surface area (Å²) in [6.07, 6.45) is 5.21. The van der Waals surface area contributed by atoms with Gasteiger partial charge in [0, 0.05) is 43.1 Å². The minimum absolute atomic E-state index is 0.418. The quantitative estimate of drug-likeness (QED) is 0.872. The van der Waals surface area contributed by atoms with E-state index in [0.717, 1.165) is 31.7 Å². The van der Waals surface area contributed by atoms with Crippen LogP contribution in [0.1, 0.15) is 36.6 Å². The summed E-state index contributed by atoms with van der Waals surface area (Å²) in [5, 5.41) is 4.41. The molecule has 2 N–H and O–H groups in total. The maximum atomic E-state index is 6.10. The number of nitrogen functional groups attached to an aromatic ring is 1. The molecular formula is C16H22N4. The second-order valence-electron chi connectivity index (χ2n) is 5.87. The zero-order valence-corrected chi connectivity index (χ0v) is 12.2. The van der Waals surface area contributed by atoms with Gasteiger partial charge in [0.25, 0.3) is 0 Å². The number of nitrogens with zero attached hydrogens (tertiary/aromatic N) is 3. The van der Waals surface area contributed by atoms with E-state index < -0.39 is 0 Å². The normalized spacial score (nSPS) is 15.6. The van der Waals surface area contributed by atoms with Crippen LogP contribution in [0.15, 0.2) is 30.6 Å². The number of benzene rings is 1. The molecule has 0 saturated heterocycles. The van der Waals surface area contributed by atoms with Gasteiger partial charge in [-0.1, -0.05) is 12.1 Å². The molecule has 1 aromatic carbocycles. The number of fused-ring (bicyclic) bond motifs is 1. The first kappa shape index (κ1) is 13.2. The van der Waals surface area contributed by atoms with Crippen LogP contribution >= 0.6 is 0 Å². The number of rotatable bonds is 3. The Bertz CT molecular complexity index is 600. The fourth-order valence-corrected chi connectivity index (χ4v) is 2.80. The van der Waals surface area contributed by atoms with Crippen LogP contribution < -0.4 is 5.73 Å². The highest BCUT2D eigenvalue weighted by atomic mass is 15.3. The Labute approximate surface area is 120 Å². The van der Waals surface area contributed by atoms with E-state index in [1.54, 1.807) is 0 Å². The average Bonchev–Trinajstić information content (AvgIpc) is 2.88. The summed E-state index contributed by atoms with van der Waals surface area (Å²) in [7, 11) is 0. The van der Waals surface area contributed by atoms with Crippen molar-refractivity contribution in [1.29, 1.82) is 0 Å². The van der Waals surface area contributed by atoms with Crippen molar-refractivity contribution in [1.82, 2.24) is 14.7 Å². The lowest BCUT2D eigenvalue weighted by atomic mass is 9.98. The van der Waals surface area contributed by atoms with Crippen molar-refractivity contribution in [3.05, 3.63) is 47.3 Å². The summed E-state index contributed by atoms with van der Waals surface area (Å²) in [6, 6.07) is 6.66. The number of aromatic nitrogens is 2. The van der Waals surface area contributed by atoms with Gasteiger partial charge in [-0.05, 0) is 37.5 Å². The monoisotopic (exact) mass is 270 g/mol. The van der Waals surface area contributed by atoms with Crippen molar-refractivity contribution >= 4 is 5.69 Å². The Kier molecular flexibility index (Phi) is 3.49. The molecule has 1 aliphatic rings. The van der Waals surface area contributed by atoms with Crippen molar-refractivity contribution in [3.63, 3.8) is 0 Å². The van der Waals surface area contributed by atoms with Crippen molar-refractivity contribution in [2.24, 2.45) is 0 Å². The number of anilines is 1. The van der Waals surface area contributed by atoms with E-state index in [2.05, 4.69) is 42.2 Å². The third kappa shape index (κ3) is 2.56. The number of hydrogen-bond donors (Lipinski definition) is 1. The molecule has 0 bridgehead atoms. The molecule has 0 spiro atoms. The molecular weight excluding hydrogens is 248 g/mol. The van der Waals surface area contributed by atoms with Crippen molar-refractivity contribution in [3.8, 4) is 0 Å². The predicted octanol–water partition coefficient (Wildman–Crippen LogP) is 2.60. The van der Waals surface area contributed by atoms with E-state index in [9.17, 15) is 0 Å². The average molecular weight is 270 g/mol. The van der Waals surface area contributed by atoms with Gasteiger partial charge < -0.3 is 5.73 Å². The van der Waals surface area contributed by atoms with Crippen LogP contribution in [0.2, 0.25) is 0 Å². The van der Waals surface area contributed by atoms with Crippen LogP contribution in [-0.2, 0) is 19.5 Å². The van der Waals surface area contributed by atoms with E-state index in [0.29, 0.717) is 6.04 Å². The third-order valence-corrected chi connectivity index (χ3v) is 3.98. The topological polar surface area (TPSA) is 47.1 Å². The van der Waals surface area contributed by atoms with Gasteiger partial charge in [-0.3, -0.25) is 9.58 Å². The zero-order chi connectivity index (χ0) is 14.1. The maximum absolute atomic E-state index is 6.10. The fourth-order valence-electron chi connectivity index (χ4n) is 2.80. The molecule has 0 atom stereocenters. The van der Waals surface area contributed by atoms with E-state index >= 15 is 0 Å². The molecule has 106 valence electrons. The van der Waals surface area contributed by atoms with Crippen molar-refractivity contribution in [2.75, 3.05) is 12.3 Å². The summed E-state index contributed by atoms with van der Waals surface area (Å²) in [5.74, 6) is 0. The van der Waals surface area contributed by atoms with Crippen LogP contribution in [-0.4, -0.2) is 21.2 Å². The molecule has 3 rings (SSSR count). The Morgan fingerprint density at radius 1 is 1.35 bits per heavy atom. The predicted molar refractivity (Wildman–Crippen MR) is 81.3 cm³/mol. The molecule has 2 aromatic rings. The SMILES string of the molecule is CC(C)n1cc(CN2CCc3cccc(N)c3C2)cn1. The highest BCUT2D eigenvalue weighted by Crippen LogP contribution is 2.25. The number of nitrogens with two attached hydrogens (primary N) is 1. The lowest BCUT2D eigenvalue weighted by Crippen LogP contribution is -2.30. The Hall–Kier alpha value is -1.81. The Morgan fingerprint density at radius 2 is 2.20 bits per heavy atom. The van der Waals surface area contributed by atoms with E-state index in [-0.39, 0.29) is 0 Å². The molecule has 0 amide bonds. The van der Waals surface area contributed by atoms with E-state index in [1.165, 1.54) is 16.7 Å². The molecule has 4 heteroatoms. The van der Waals surface area contributed by atoms with Crippen molar-refractivity contribution < 1.29 is 0 Å². The zero-order valence-electron chi connectivity index (χ0n) is 12.2. The van der Waals surface area contributed by atoms with Crippen LogP contribution in [0, 0.1) is 0 Å². The Balaban J connectivity index is 1.72. The van der Waals surface area contributed by atoms with Crippen LogP contribution in [0.4, 0.5) is 5.69 Å². The number of hydrogen-bond acceptors (Lipinski definition) is 3. The summed E-state index contributed by atoms with van der Waals surface area (Å²) in [4.78, 5) is 2.44. The molecule has 0 aliphatic carbocycles. The molecule has 20 heavy (non-hydrogen) atoms. The molecule has 2 heterocycles. The molecule has 1 aromatic heterocycles. The van der Waals surface area contributed by atoms with Crippen LogP contribution in [0.5, 0.6) is 0 Å². The minimum Gasteiger partial charge on any atom is -0.398 e. The smallest absolute Gasteiger partial charge is 0.0534 e. The molecule has 0 unspecified atom stereocenters. The molecule has 0 radical (unpaired) electrons. The maximum Gasteiger partial charge on any atom is 0.0534 e. The van der Waals surface area contributed by atoms with Gasteiger partial charge in [0.05, 0.1) is 6.20 Å². The second-order valence-corrected chi connectivity index (χ2v) is 5.87. The first-order chi connectivity index (χ1) is 9.63. The van der Waals surface area contributed by atoms with E-state index in [1.807, 2.05) is 16.9 Å². The van der Waals surface area contributed by atoms with Crippen LogP contribution in [0.25, 0.3) is 0 Å². The molecule has 1 aliphatic heterocycles. The standard InChI is InChI=1S/C16H22N4/c1-12(2)20-10-13(8-18-20)9-19-7-6-14-4-3-5-16(17)15(14)11-19/h3-5,8,10,12H,6-7,9,11,17H2,1-2H3. The molecule has 0 fully saturated rings. The highest BCUT2D eigenvalue weighted by molar-refractivity contribution is 5.51. The Morgan fingerprint density at radius 3 is 2.95 bits per heavy atom. The van der Waals surface area contributed by atoms with Gasteiger partial charge in [0.15, 0.2) is 0 Å². The van der Waals surface area contributed by atoms with E-state index in [4.69, 9.17) is 5.73 Å². The third-order valence-electron chi connectivity index (χ3n) is 3.98. The largest absolute Gasteiger partial charge is 0.398 e. The van der Waals surface area contributed by atoms with Crippen molar-refractivity contribution in [2.45, 2.75) is 39.4 Å². The first-order valence-electron chi connectivity index (χ1n) is 7.25. The lowest BCUT2D eigenvalue weighted by molar-refractivity contribution is 0.246. The van der Waals surface area contributed by atoms with Gasteiger partial charge >= 0.3 is 0 Å². The first-order valence-corrected chi connectivity index (χ1v) is 7.25. The summed E-state index contributed by atoms with van der Waals surface area (Å²) < 4.78 is 2.02. The molecule has 4 nitrogen and oxygen atoms in total. The van der Waals surface area contributed by atoms with Gasteiger partial charge in [0.1, 0.15) is 0 Å². The second kappa shape index (κ2) is 5.29. The molecule has 0 saturated carbocycles. The summed E-state index contributed by atoms with van der Waals surface area (Å²) >= 11 is 0. The van der Waals surface area contributed by atoms with Gasteiger partial charge in [-0.25, -0.2) is 0 Å². The van der Waals surface area contributed by atoms with Gasteiger partial charge in [-0.15, -0.1) is 0 Å². The summed E-state index contributed by atoms with van der Waals surface area (Å²) in [6.45, 7) is 7.27. The minimum atomic E-state index is 0.418. The van der Waals surface area contributed by atoms with Gasteiger partial charge in [-0.2, -0.15) is 5.10 Å². The summed E-state index contributed by atoms with van der Waals surface area (Å²) in [5.41, 5.74) is 11.0. The highest BCUT2D eigenvalue weighted by Gasteiger charge is 2.18. The van der Waals surface area contributed by atoms with Gasteiger partial charge in [0.2, 0.25) is 0 Å².